The van der Waals surface area contributed by atoms with E-state index in [2.05, 4.69) is 4.98 Å². The molecule has 0 atom stereocenters. The van der Waals surface area contributed by atoms with Crippen LogP contribution in [0.25, 0.3) is 22.2 Å². The van der Waals surface area contributed by atoms with Gasteiger partial charge < -0.3 is 4.42 Å². The molecule has 0 fully saturated rings. The summed E-state index contributed by atoms with van der Waals surface area (Å²) in [5.41, 5.74) is 1.48. The van der Waals surface area contributed by atoms with E-state index < -0.39 is 0 Å². The minimum Gasteiger partial charge on any atom is -0.460 e. The Morgan fingerprint density at radius 2 is 1.84 bits per heavy atom. The molecule has 0 unspecified atom stereocenters. The van der Waals surface area contributed by atoms with Crippen molar-refractivity contribution < 1.29 is 13.8 Å². The number of carbonyl (C=O) groups is 1. The van der Waals surface area contributed by atoms with Crippen molar-refractivity contribution in [1.29, 1.82) is 0 Å². The Bertz CT molecular complexity index is 991. The van der Waals surface area contributed by atoms with Gasteiger partial charge in [0.1, 0.15) is 0 Å². The zero-order valence-corrected chi connectivity index (χ0v) is 15.0. The van der Waals surface area contributed by atoms with E-state index in [1.54, 1.807) is 17.2 Å². The number of rotatable bonds is 4. The van der Waals surface area contributed by atoms with Crippen LogP contribution in [0.15, 0.2) is 83.9 Å². The van der Waals surface area contributed by atoms with Gasteiger partial charge in [-0.15, -0.1) is 17.0 Å². The lowest BCUT2D eigenvalue weighted by Crippen LogP contribution is -2.37. The second-order valence-electron chi connectivity index (χ2n) is 5.55. The molecule has 0 aliphatic heterocycles. The zero-order valence-electron chi connectivity index (χ0n) is 13.3. The van der Waals surface area contributed by atoms with Gasteiger partial charge in [0, 0.05) is 11.6 Å². The first-order chi connectivity index (χ1) is 11.8. The molecular weight excluding hydrogens is 380 g/mol. The number of ketones is 1. The average molecular weight is 396 g/mol. The quantitative estimate of drug-likeness (QED) is 0.383. The number of carbonyl (C=O) groups excluding carboxylic acids is 1. The molecule has 0 radical (unpaired) electrons. The molecule has 0 saturated heterocycles. The van der Waals surface area contributed by atoms with Crippen molar-refractivity contribution in [3.63, 3.8) is 0 Å². The molecule has 0 bridgehead atoms. The number of Topliss-reactive ketones (excluding diaryl/α,β-unsaturated/α-hetero) is 1. The molecule has 4 aromatic rings. The second-order valence-corrected chi connectivity index (χ2v) is 5.55. The average Bonchev–Trinajstić information content (AvgIpc) is 3.16. The molecule has 4 rings (SSSR count). The van der Waals surface area contributed by atoms with Gasteiger partial charge in [-0.1, -0.05) is 42.5 Å². The summed E-state index contributed by atoms with van der Waals surface area (Å²) < 4.78 is 7.09. The second kappa shape index (κ2) is 7.40. The third-order valence-electron chi connectivity index (χ3n) is 3.96. The highest BCUT2D eigenvalue weighted by Crippen LogP contribution is 2.19. The van der Waals surface area contributed by atoms with Gasteiger partial charge in [0.15, 0.2) is 12.3 Å². The summed E-state index contributed by atoms with van der Waals surface area (Å²) in [7, 11) is 0. The summed E-state index contributed by atoms with van der Waals surface area (Å²) >= 11 is 0. The van der Waals surface area contributed by atoms with E-state index in [-0.39, 0.29) is 29.3 Å². The SMILES string of the molecule is Br.O=C(C[n+]1ccc(-c2ccco2)nc1)c1cccc2ccccc12. The predicted octanol–water partition coefficient (Wildman–Crippen LogP) is 4.24. The molecule has 0 spiro atoms. The summed E-state index contributed by atoms with van der Waals surface area (Å²) in [6.07, 6.45) is 5.11. The van der Waals surface area contributed by atoms with Crippen LogP contribution in [0.4, 0.5) is 0 Å². The van der Waals surface area contributed by atoms with Crippen molar-refractivity contribution in [1.82, 2.24) is 4.98 Å². The first-order valence-electron chi connectivity index (χ1n) is 7.71. The van der Waals surface area contributed by atoms with Crippen LogP contribution in [0.1, 0.15) is 10.4 Å². The topological polar surface area (TPSA) is 47.0 Å². The Balaban J connectivity index is 0.00000182. The minimum absolute atomic E-state index is 0. The summed E-state index contributed by atoms with van der Waals surface area (Å²) in [6.45, 7) is 0.249. The van der Waals surface area contributed by atoms with Crippen molar-refractivity contribution in [2.24, 2.45) is 0 Å². The van der Waals surface area contributed by atoms with Gasteiger partial charge in [-0.05, 0) is 27.9 Å². The molecule has 0 N–H and O–H groups in total. The van der Waals surface area contributed by atoms with E-state index in [1.165, 1.54) is 0 Å². The van der Waals surface area contributed by atoms with E-state index in [9.17, 15) is 4.79 Å². The Hall–Kier alpha value is -2.79. The van der Waals surface area contributed by atoms with E-state index in [0.29, 0.717) is 5.76 Å². The number of benzene rings is 2. The minimum atomic E-state index is 0. The number of hydrogen-bond acceptors (Lipinski definition) is 3. The van der Waals surface area contributed by atoms with Gasteiger partial charge in [0.2, 0.25) is 11.5 Å². The van der Waals surface area contributed by atoms with Crippen molar-refractivity contribution in [3.05, 3.63) is 85.0 Å². The molecule has 5 heteroatoms. The fourth-order valence-electron chi connectivity index (χ4n) is 2.77. The highest BCUT2D eigenvalue weighted by atomic mass is 79.9. The van der Waals surface area contributed by atoms with Gasteiger partial charge >= 0.3 is 0 Å². The Morgan fingerprint density at radius 3 is 2.60 bits per heavy atom. The lowest BCUT2D eigenvalue weighted by Gasteiger charge is -2.05. The molecule has 0 saturated carbocycles. The standard InChI is InChI=1S/C20H15N2O2.BrH/c23-19(17-8-3-6-15-5-1-2-7-16(15)17)13-22-11-10-18(21-14-22)20-9-4-12-24-20;/h1-12,14H,13H2;1H/q+1;. The number of halogens is 1. The van der Waals surface area contributed by atoms with Crippen molar-refractivity contribution >= 4 is 33.5 Å². The zero-order chi connectivity index (χ0) is 16.4. The van der Waals surface area contributed by atoms with Gasteiger partial charge in [-0.2, -0.15) is 0 Å². The maximum absolute atomic E-state index is 12.7. The fourth-order valence-corrected chi connectivity index (χ4v) is 2.77. The molecule has 2 aromatic carbocycles. The summed E-state index contributed by atoms with van der Waals surface area (Å²) in [4.78, 5) is 17.0. The third kappa shape index (κ3) is 3.51. The van der Waals surface area contributed by atoms with Gasteiger partial charge in [-0.25, -0.2) is 4.57 Å². The number of fused-ring (bicyclic) bond motifs is 1. The van der Waals surface area contributed by atoms with Crippen molar-refractivity contribution in [3.8, 4) is 11.5 Å². The lowest BCUT2D eigenvalue weighted by molar-refractivity contribution is -0.686. The summed E-state index contributed by atoms with van der Waals surface area (Å²) in [5.74, 6) is 0.770. The van der Waals surface area contributed by atoms with E-state index in [4.69, 9.17) is 4.42 Å². The first kappa shape index (κ1) is 17.0. The van der Waals surface area contributed by atoms with Crippen LogP contribution in [-0.2, 0) is 6.54 Å². The summed E-state index contributed by atoms with van der Waals surface area (Å²) in [5, 5.41) is 2.05. The molecule has 25 heavy (non-hydrogen) atoms. The number of hydrogen-bond donors (Lipinski definition) is 0. The van der Waals surface area contributed by atoms with Gasteiger partial charge in [0.25, 0.3) is 6.33 Å². The number of furan rings is 1. The molecular formula is C20H16BrN2O2+. The molecule has 2 heterocycles. The van der Waals surface area contributed by atoms with Crippen LogP contribution in [0.3, 0.4) is 0 Å². The van der Waals surface area contributed by atoms with Crippen LogP contribution in [0.5, 0.6) is 0 Å². The third-order valence-corrected chi connectivity index (χ3v) is 3.96. The van der Waals surface area contributed by atoms with E-state index >= 15 is 0 Å². The molecule has 124 valence electrons. The Labute approximate surface area is 155 Å². The van der Waals surface area contributed by atoms with Crippen LogP contribution in [0, 0.1) is 0 Å². The Morgan fingerprint density at radius 1 is 1.00 bits per heavy atom. The molecule has 4 nitrogen and oxygen atoms in total. The molecule has 0 amide bonds. The van der Waals surface area contributed by atoms with Crippen molar-refractivity contribution in [2.45, 2.75) is 6.54 Å². The van der Waals surface area contributed by atoms with Crippen LogP contribution < -0.4 is 4.57 Å². The number of nitrogens with zero attached hydrogens (tertiary/aromatic N) is 2. The van der Waals surface area contributed by atoms with Crippen LogP contribution >= 0.6 is 17.0 Å². The van der Waals surface area contributed by atoms with Crippen LogP contribution in [-0.4, -0.2) is 10.8 Å². The molecule has 0 aliphatic carbocycles. The van der Waals surface area contributed by atoms with Crippen molar-refractivity contribution in [2.75, 3.05) is 0 Å². The Kier molecular flexibility index (Phi) is 5.05. The van der Waals surface area contributed by atoms with Gasteiger partial charge in [-0.3, -0.25) is 4.79 Å². The highest BCUT2D eigenvalue weighted by Gasteiger charge is 2.14. The maximum Gasteiger partial charge on any atom is 0.287 e. The van der Waals surface area contributed by atoms with Crippen LogP contribution in [0.2, 0.25) is 0 Å². The lowest BCUT2D eigenvalue weighted by atomic mass is 10.0. The fraction of sp³-hybridized carbons (Fsp3) is 0.0500. The highest BCUT2D eigenvalue weighted by molar-refractivity contribution is 8.93. The molecule has 0 aliphatic rings. The monoisotopic (exact) mass is 395 g/mol. The van der Waals surface area contributed by atoms with Gasteiger partial charge in [0.05, 0.1) is 12.5 Å². The smallest absolute Gasteiger partial charge is 0.287 e. The molecule has 2 aromatic heterocycles. The first-order valence-corrected chi connectivity index (χ1v) is 7.71. The van der Waals surface area contributed by atoms with E-state index in [1.807, 2.05) is 66.9 Å². The van der Waals surface area contributed by atoms with E-state index in [0.717, 1.165) is 22.0 Å². The number of aromatic nitrogens is 2. The normalized spacial score (nSPS) is 10.4. The predicted molar refractivity (Wildman–Crippen MR) is 101 cm³/mol. The largest absolute Gasteiger partial charge is 0.460 e. The summed E-state index contributed by atoms with van der Waals surface area (Å²) in [6, 6.07) is 19.2. The maximum atomic E-state index is 12.7.